The average molecular weight is 339 g/mol. The largest absolute Gasteiger partial charge is 0.507 e. The van der Waals surface area contributed by atoms with Crippen LogP contribution in [0.4, 0.5) is 0 Å². The molecular weight excluding hydrogens is 321 g/mol. The van der Waals surface area contributed by atoms with Gasteiger partial charge in [-0.15, -0.1) is 0 Å². The van der Waals surface area contributed by atoms with E-state index in [4.69, 9.17) is 10.5 Å². The maximum atomic E-state index is 13.4. The fraction of sp³-hybridized carbons (Fsp3) is 0.0526. The summed E-state index contributed by atoms with van der Waals surface area (Å²) in [6.07, 6.45) is 0.189. The van der Waals surface area contributed by atoms with Crippen LogP contribution in [-0.2, 0) is 15.4 Å². The first-order valence-corrected chi connectivity index (χ1v) is 9.34. The molecule has 3 N–H and O–H groups in total. The Labute approximate surface area is 140 Å². The molecule has 0 fully saturated rings. The van der Waals surface area contributed by atoms with Gasteiger partial charge in [-0.1, -0.05) is 66.7 Å². The maximum Gasteiger partial charge on any atom is 0.253 e. The number of rotatable bonds is 5. The molecule has 0 saturated heterocycles. The third kappa shape index (κ3) is 3.26. The van der Waals surface area contributed by atoms with Gasteiger partial charge < -0.3 is 5.11 Å². The van der Waals surface area contributed by atoms with Crippen molar-refractivity contribution in [1.82, 2.24) is 0 Å². The summed E-state index contributed by atoms with van der Waals surface area (Å²) in [7, 11) is -3.33. The molecule has 3 aromatic rings. The van der Waals surface area contributed by atoms with Gasteiger partial charge in [-0.05, 0) is 23.3 Å². The zero-order valence-electron chi connectivity index (χ0n) is 13.0. The molecule has 0 aromatic heterocycles. The summed E-state index contributed by atoms with van der Waals surface area (Å²) in [5, 5.41) is 10.7. The van der Waals surface area contributed by atoms with Crippen molar-refractivity contribution < 1.29 is 14.3 Å². The fourth-order valence-electron chi connectivity index (χ4n) is 2.70. The molecule has 122 valence electrons. The summed E-state index contributed by atoms with van der Waals surface area (Å²) in [5.74, 6) is 5.57. The van der Waals surface area contributed by atoms with E-state index in [1.807, 2.05) is 42.5 Å². The molecule has 1 atom stereocenters. The first-order chi connectivity index (χ1) is 11.6. The van der Waals surface area contributed by atoms with E-state index in [0.29, 0.717) is 16.4 Å². The number of hydrogen-bond acceptors (Lipinski definition) is 4. The number of phenols is 1. The third-order valence-electron chi connectivity index (χ3n) is 3.87. The summed E-state index contributed by atoms with van der Waals surface area (Å²) < 4.78 is 18.4. The van der Waals surface area contributed by atoms with Crippen LogP contribution < -0.4 is 11.2 Å². The standard InChI is InChI=1S/C19H18NO3P/c20-23-24(22,14-15-8-2-1-3-9-15)19-13-7-5-11-17(19)16-10-4-6-12-18(16)21/h1-13,21H,14,20H2. The molecule has 0 amide bonds. The van der Waals surface area contributed by atoms with Crippen LogP contribution in [0.3, 0.4) is 0 Å². The highest BCUT2D eigenvalue weighted by atomic mass is 31.2. The van der Waals surface area contributed by atoms with E-state index in [1.54, 1.807) is 36.4 Å². The number of hydrogen-bond donors (Lipinski definition) is 2. The van der Waals surface area contributed by atoms with E-state index in [-0.39, 0.29) is 11.9 Å². The molecule has 1 unspecified atom stereocenters. The van der Waals surface area contributed by atoms with Crippen molar-refractivity contribution in [2.45, 2.75) is 6.16 Å². The topological polar surface area (TPSA) is 72.5 Å². The van der Waals surface area contributed by atoms with E-state index in [0.717, 1.165) is 5.56 Å². The highest BCUT2D eigenvalue weighted by molar-refractivity contribution is 7.66. The van der Waals surface area contributed by atoms with Crippen LogP contribution in [0.25, 0.3) is 11.1 Å². The molecule has 3 aromatic carbocycles. The minimum absolute atomic E-state index is 0.119. The molecular formula is C19H18NO3P. The predicted octanol–water partition coefficient (Wildman–Crippen LogP) is 4.05. The first-order valence-electron chi connectivity index (χ1n) is 7.53. The second-order valence-electron chi connectivity index (χ2n) is 5.46. The van der Waals surface area contributed by atoms with Crippen LogP contribution in [0.5, 0.6) is 5.75 Å². The minimum atomic E-state index is -3.33. The summed E-state index contributed by atoms with van der Waals surface area (Å²) in [6.45, 7) is 0. The Kier molecular flexibility index (Phi) is 4.81. The van der Waals surface area contributed by atoms with Crippen molar-refractivity contribution in [2.24, 2.45) is 5.90 Å². The lowest BCUT2D eigenvalue weighted by molar-refractivity contribution is 0.334. The molecule has 0 spiro atoms. The van der Waals surface area contributed by atoms with Crippen LogP contribution in [0, 0.1) is 0 Å². The lowest BCUT2D eigenvalue weighted by atomic mass is 10.0. The van der Waals surface area contributed by atoms with Crippen LogP contribution in [0.1, 0.15) is 5.56 Å². The Hall–Kier alpha value is -2.39. The molecule has 0 aliphatic heterocycles. The van der Waals surface area contributed by atoms with E-state index < -0.39 is 7.37 Å². The molecule has 4 nitrogen and oxygen atoms in total. The van der Waals surface area contributed by atoms with Crippen LogP contribution >= 0.6 is 7.37 Å². The Bertz CT molecular complexity index is 881. The van der Waals surface area contributed by atoms with Gasteiger partial charge in [0.25, 0.3) is 7.37 Å². The Morgan fingerprint density at radius 1 is 0.833 bits per heavy atom. The molecule has 0 saturated carbocycles. The van der Waals surface area contributed by atoms with E-state index in [1.165, 1.54) is 0 Å². The Morgan fingerprint density at radius 2 is 1.42 bits per heavy atom. The predicted molar refractivity (Wildman–Crippen MR) is 96.2 cm³/mol. The lowest BCUT2D eigenvalue weighted by Gasteiger charge is -2.19. The van der Waals surface area contributed by atoms with Crippen molar-refractivity contribution in [3.05, 3.63) is 84.4 Å². The highest BCUT2D eigenvalue weighted by Gasteiger charge is 2.29. The number of aromatic hydroxyl groups is 1. The fourth-order valence-corrected chi connectivity index (χ4v) is 4.63. The smallest absolute Gasteiger partial charge is 0.253 e. The van der Waals surface area contributed by atoms with Gasteiger partial charge in [0.05, 0.1) is 6.16 Å². The summed E-state index contributed by atoms with van der Waals surface area (Å²) in [4.78, 5) is 0. The van der Waals surface area contributed by atoms with Gasteiger partial charge in [0.2, 0.25) is 0 Å². The molecule has 5 heteroatoms. The highest BCUT2D eigenvalue weighted by Crippen LogP contribution is 2.50. The molecule has 0 radical (unpaired) electrons. The van der Waals surface area contributed by atoms with Gasteiger partial charge in [-0.2, -0.15) is 0 Å². The summed E-state index contributed by atoms with van der Waals surface area (Å²) in [6, 6.07) is 23.5. The normalized spacial score (nSPS) is 13.4. The van der Waals surface area contributed by atoms with Crippen LogP contribution in [-0.4, -0.2) is 5.11 Å². The van der Waals surface area contributed by atoms with Crippen molar-refractivity contribution in [3.8, 4) is 16.9 Å². The van der Waals surface area contributed by atoms with E-state index >= 15 is 0 Å². The number of phenolic OH excluding ortho intramolecular Hbond substituents is 1. The zero-order valence-corrected chi connectivity index (χ0v) is 13.9. The molecule has 0 heterocycles. The van der Waals surface area contributed by atoms with Gasteiger partial charge in [0.1, 0.15) is 5.75 Å². The maximum absolute atomic E-state index is 13.4. The van der Waals surface area contributed by atoms with Gasteiger partial charge >= 0.3 is 0 Å². The Morgan fingerprint density at radius 3 is 2.08 bits per heavy atom. The average Bonchev–Trinajstić information content (AvgIpc) is 2.63. The first kappa shape index (κ1) is 16.5. The van der Waals surface area contributed by atoms with Crippen molar-refractivity contribution >= 4 is 12.7 Å². The molecule has 3 rings (SSSR count). The minimum Gasteiger partial charge on any atom is -0.507 e. The quantitative estimate of drug-likeness (QED) is 0.543. The van der Waals surface area contributed by atoms with Gasteiger partial charge in [0.15, 0.2) is 0 Å². The molecule has 0 aliphatic rings. The molecule has 0 aliphatic carbocycles. The Balaban J connectivity index is 2.11. The monoisotopic (exact) mass is 339 g/mol. The van der Waals surface area contributed by atoms with E-state index in [9.17, 15) is 9.67 Å². The molecule has 0 bridgehead atoms. The van der Waals surface area contributed by atoms with Crippen molar-refractivity contribution in [1.29, 1.82) is 0 Å². The van der Waals surface area contributed by atoms with Crippen LogP contribution in [0.15, 0.2) is 78.9 Å². The number of benzene rings is 3. The summed E-state index contributed by atoms with van der Waals surface area (Å²) in [5.41, 5.74) is 2.12. The van der Waals surface area contributed by atoms with Gasteiger partial charge in [-0.25, -0.2) is 10.5 Å². The van der Waals surface area contributed by atoms with Crippen LogP contribution in [0.2, 0.25) is 0 Å². The lowest BCUT2D eigenvalue weighted by Crippen LogP contribution is -2.15. The summed E-state index contributed by atoms with van der Waals surface area (Å²) >= 11 is 0. The number of para-hydroxylation sites is 1. The second-order valence-corrected chi connectivity index (χ2v) is 7.81. The van der Waals surface area contributed by atoms with Crippen molar-refractivity contribution in [3.63, 3.8) is 0 Å². The molecule has 24 heavy (non-hydrogen) atoms. The van der Waals surface area contributed by atoms with Gasteiger partial charge in [0, 0.05) is 10.9 Å². The van der Waals surface area contributed by atoms with Crippen molar-refractivity contribution in [2.75, 3.05) is 0 Å². The van der Waals surface area contributed by atoms with E-state index in [2.05, 4.69) is 0 Å². The second kappa shape index (κ2) is 7.02. The zero-order chi connectivity index (χ0) is 17.0. The third-order valence-corrected chi connectivity index (χ3v) is 6.12. The van der Waals surface area contributed by atoms with Gasteiger partial charge in [-0.3, -0.25) is 4.57 Å². The number of nitrogens with two attached hydrogens (primary N) is 1. The SMILES string of the molecule is NOP(=O)(Cc1ccccc1)c1ccccc1-c1ccccc1O.